The highest BCUT2D eigenvalue weighted by molar-refractivity contribution is 5.78. The van der Waals surface area contributed by atoms with Crippen molar-refractivity contribution in [2.45, 2.75) is 32.2 Å². The summed E-state index contributed by atoms with van der Waals surface area (Å²) in [6.45, 7) is 1.97. The van der Waals surface area contributed by atoms with Crippen LogP contribution in [0.25, 0.3) is 0 Å². The third-order valence-corrected chi connectivity index (χ3v) is 4.43. The van der Waals surface area contributed by atoms with Crippen LogP contribution in [0.15, 0.2) is 42.5 Å². The minimum absolute atomic E-state index is 0.0321. The average Bonchev–Trinajstić information content (AvgIpc) is 3.07. The number of aryl methyl sites for hydroxylation is 2. The minimum atomic E-state index is -0.145. The zero-order valence-corrected chi connectivity index (χ0v) is 14.2. The van der Waals surface area contributed by atoms with Crippen LogP contribution in [0.1, 0.15) is 36.1 Å². The van der Waals surface area contributed by atoms with Crippen LogP contribution in [0.2, 0.25) is 0 Å². The highest BCUT2D eigenvalue weighted by atomic mass is 16.5. The third kappa shape index (κ3) is 3.70. The molecule has 3 rings (SSSR count). The van der Waals surface area contributed by atoms with Crippen molar-refractivity contribution in [2.75, 3.05) is 13.7 Å². The Hall–Kier alpha value is -2.49. The summed E-state index contributed by atoms with van der Waals surface area (Å²) >= 11 is 0. The molecule has 1 amide bonds. The van der Waals surface area contributed by atoms with E-state index in [1.54, 1.807) is 19.2 Å². The van der Waals surface area contributed by atoms with Gasteiger partial charge < -0.3 is 14.8 Å². The zero-order chi connectivity index (χ0) is 16.9. The number of methoxy groups -OCH3 is 1. The monoisotopic (exact) mass is 325 g/mol. The highest BCUT2D eigenvalue weighted by Crippen LogP contribution is 2.26. The fourth-order valence-corrected chi connectivity index (χ4v) is 3.11. The molecule has 24 heavy (non-hydrogen) atoms. The summed E-state index contributed by atoms with van der Waals surface area (Å²) in [7, 11) is 1.58. The van der Waals surface area contributed by atoms with Gasteiger partial charge in [0.1, 0.15) is 0 Å². The van der Waals surface area contributed by atoms with E-state index in [1.165, 1.54) is 24.0 Å². The summed E-state index contributed by atoms with van der Waals surface area (Å²) in [6.07, 6.45) is 3.54. The molecule has 0 aromatic heterocycles. The van der Waals surface area contributed by atoms with Gasteiger partial charge in [0.2, 0.25) is 0 Å². The van der Waals surface area contributed by atoms with Crippen LogP contribution >= 0.6 is 0 Å². The number of ether oxygens (including phenoxy) is 2. The Morgan fingerprint density at radius 3 is 2.67 bits per heavy atom. The van der Waals surface area contributed by atoms with E-state index in [-0.39, 0.29) is 18.6 Å². The van der Waals surface area contributed by atoms with Crippen molar-refractivity contribution >= 4 is 5.91 Å². The van der Waals surface area contributed by atoms with Crippen molar-refractivity contribution in [2.24, 2.45) is 0 Å². The molecule has 4 heteroatoms. The van der Waals surface area contributed by atoms with Crippen LogP contribution in [-0.2, 0) is 17.6 Å². The zero-order valence-electron chi connectivity index (χ0n) is 14.2. The smallest absolute Gasteiger partial charge is 0.258 e. The fraction of sp³-hybridized carbons (Fsp3) is 0.350. The normalized spacial score (nSPS) is 13.9. The lowest BCUT2D eigenvalue weighted by molar-refractivity contribution is -0.123. The van der Waals surface area contributed by atoms with Crippen LogP contribution in [0.4, 0.5) is 0 Å². The second-order valence-corrected chi connectivity index (χ2v) is 6.11. The van der Waals surface area contributed by atoms with E-state index in [2.05, 4.69) is 23.5 Å². The number of carbonyl (C=O) groups is 1. The Kier molecular flexibility index (Phi) is 5.04. The molecule has 4 nitrogen and oxygen atoms in total. The fourth-order valence-electron chi connectivity index (χ4n) is 3.11. The van der Waals surface area contributed by atoms with Crippen LogP contribution in [0.3, 0.4) is 0 Å². The predicted octanol–water partition coefficient (Wildman–Crippen LogP) is 3.44. The molecule has 2 aromatic rings. The molecule has 0 saturated carbocycles. The molecule has 0 heterocycles. The van der Waals surface area contributed by atoms with Gasteiger partial charge in [-0.05, 0) is 55.0 Å². The Bertz CT molecular complexity index is 727. The number of hydrogen-bond acceptors (Lipinski definition) is 3. The van der Waals surface area contributed by atoms with E-state index in [0.717, 1.165) is 12.0 Å². The molecular weight excluding hydrogens is 302 g/mol. The first kappa shape index (κ1) is 16.4. The van der Waals surface area contributed by atoms with Crippen LogP contribution in [0, 0.1) is 0 Å². The van der Waals surface area contributed by atoms with Crippen molar-refractivity contribution in [3.8, 4) is 11.5 Å². The second-order valence-electron chi connectivity index (χ2n) is 6.11. The van der Waals surface area contributed by atoms with Crippen molar-refractivity contribution in [3.05, 3.63) is 59.2 Å². The van der Waals surface area contributed by atoms with Gasteiger partial charge in [-0.15, -0.1) is 0 Å². The van der Waals surface area contributed by atoms with Crippen molar-refractivity contribution in [1.82, 2.24) is 5.32 Å². The van der Waals surface area contributed by atoms with Gasteiger partial charge in [-0.1, -0.05) is 30.3 Å². The molecule has 1 aliphatic carbocycles. The number of para-hydroxylation sites is 2. The van der Waals surface area contributed by atoms with Crippen molar-refractivity contribution in [3.63, 3.8) is 0 Å². The van der Waals surface area contributed by atoms with Gasteiger partial charge in [-0.25, -0.2) is 0 Å². The van der Waals surface area contributed by atoms with Crippen LogP contribution in [0.5, 0.6) is 11.5 Å². The molecule has 0 bridgehead atoms. The summed E-state index contributed by atoms with van der Waals surface area (Å²) in [5.74, 6) is 1.05. The van der Waals surface area contributed by atoms with E-state index in [9.17, 15) is 4.79 Å². The summed E-state index contributed by atoms with van der Waals surface area (Å²) in [6, 6.07) is 13.8. The number of carbonyl (C=O) groups excluding carboxylic acids is 1. The predicted molar refractivity (Wildman–Crippen MR) is 93.5 cm³/mol. The standard InChI is InChI=1S/C20H23NO3/c1-14(16-11-10-15-6-5-7-17(15)12-16)21-20(22)13-24-19-9-4-3-8-18(19)23-2/h3-4,8-12,14H,5-7,13H2,1-2H3,(H,21,22)/t14-/m1/s1. The van der Waals surface area contributed by atoms with Gasteiger partial charge in [0, 0.05) is 0 Å². The molecule has 0 unspecified atom stereocenters. The maximum Gasteiger partial charge on any atom is 0.258 e. The summed E-state index contributed by atoms with van der Waals surface area (Å²) < 4.78 is 10.8. The lowest BCUT2D eigenvalue weighted by Crippen LogP contribution is -2.31. The topological polar surface area (TPSA) is 47.6 Å². The molecule has 1 atom stereocenters. The Morgan fingerprint density at radius 2 is 1.88 bits per heavy atom. The van der Waals surface area contributed by atoms with Gasteiger partial charge >= 0.3 is 0 Å². The summed E-state index contributed by atoms with van der Waals surface area (Å²) in [4.78, 5) is 12.2. The Morgan fingerprint density at radius 1 is 1.12 bits per heavy atom. The molecule has 2 aromatic carbocycles. The summed E-state index contributed by atoms with van der Waals surface area (Å²) in [5, 5.41) is 2.99. The van der Waals surface area contributed by atoms with E-state index >= 15 is 0 Å². The number of amides is 1. The lowest BCUT2D eigenvalue weighted by atomic mass is 10.0. The van der Waals surface area contributed by atoms with E-state index < -0.39 is 0 Å². The van der Waals surface area contributed by atoms with Crippen LogP contribution < -0.4 is 14.8 Å². The molecule has 0 radical (unpaired) electrons. The maximum atomic E-state index is 12.2. The van der Waals surface area contributed by atoms with Crippen molar-refractivity contribution in [1.29, 1.82) is 0 Å². The van der Waals surface area contributed by atoms with E-state index in [1.807, 2.05) is 19.1 Å². The van der Waals surface area contributed by atoms with Gasteiger partial charge in [0.15, 0.2) is 18.1 Å². The maximum absolute atomic E-state index is 12.2. The van der Waals surface area contributed by atoms with Gasteiger partial charge in [-0.3, -0.25) is 4.79 Å². The van der Waals surface area contributed by atoms with E-state index in [4.69, 9.17) is 9.47 Å². The highest BCUT2D eigenvalue weighted by Gasteiger charge is 2.15. The number of rotatable bonds is 6. The molecule has 0 aliphatic heterocycles. The van der Waals surface area contributed by atoms with Gasteiger partial charge in [-0.2, -0.15) is 0 Å². The second kappa shape index (κ2) is 7.39. The summed E-state index contributed by atoms with van der Waals surface area (Å²) in [5.41, 5.74) is 4.00. The molecule has 0 spiro atoms. The molecular formula is C20H23NO3. The minimum Gasteiger partial charge on any atom is -0.493 e. The van der Waals surface area contributed by atoms with Gasteiger partial charge in [0.25, 0.3) is 5.91 Å². The largest absolute Gasteiger partial charge is 0.493 e. The lowest BCUT2D eigenvalue weighted by Gasteiger charge is -2.16. The molecule has 0 saturated heterocycles. The SMILES string of the molecule is COc1ccccc1OCC(=O)N[C@H](C)c1ccc2c(c1)CCC2. The quantitative estimate of drug-likeness (QED) is 0.885. The average molecular weight is 325 g/mol. The first-order valence-electron chi connectivity index (χ1n) is 8.34. The molecule has 1 aliphatic rings. The van der Waals surface area contributed by atoms with Gasteiger partial charge in [0.05, 0.1) is 13.2 Å². The van der Waals surface area contributed by atoms with Crippen LogP contribution in [-0.4, -0.2) is 19.6 Å². The number of nitrogens with one attached hydrogen (secondary N) is 1. The molecule has 1 N–H and O–H groups in total. The molecule has 126 valence electrons. The number of fused-ring (bicyclic) bond motifs is 1. The third-order valence-electron chi connectivity index (χ3n) is 4.43. The van der Waals surface area contributed by atoms with Crippen molar-refractivity contribution < 1.29 is 14.3 Å². The van der Waals surface area contributed by atoms with E-state index in [0.29, 0.717) is 11.5 Å². The number of hydrogen-bond donors (Lipinski definition) is 1. The Balaban J connectivity index is 1.56. The first-order chi connectivity index (χ1) is 11.7. The molecule has 0 fully saturated rings. The number of benzene rings is 2. The first-order valence-corrected chi connectivity index (χ1v) is 8.34. The Labute approximate surface area is 142 Å².